The Morgan fingerprint density at radius 1 is 1.06 bits per heavy atom. The molecule has 47 heavy (non-hydrogen) atoms. The third-order valence-electron chi connectivity index (χ3n) is 8.30. The van der Waals surface area contributed by atoms with E-state index in [9.17, 15) is 9.59 Å². The standard InChI is InChI=1S/C37H38FN5O4/c1-6-28(7-2)47-37(45)30-23-42(22-26-12-8-9-14-31(26)38)35-34(39-3)33(25-15-17-29(46-5)18-16-25)32(43(35)36(30)44)24-41(4)21-19-27-13-10-11-20-40-27/h8-18,20,23,28H,6-7,19,21-22,24H2,1-2,4-5H3. The van der Waals surface area contributed by atoms with Gasteiger partial charge in [-0.15, -0.1) is 0 Å². The molecule has 0 atom stereocenters. The van der Waals surface area contributed by atoms with Crippen LogP contribution in [0.15, 0.2) is 83.9 Å². The second-order valence-electron chi connectivity index (χ2n) is 11.4. The highest BCUT2D eigenvalue weighted by atomic mass is 19.1. The van der Waals surface area contributed by atoms with Crippen LogP contribution in [0.5, 0.6) is 5.75 Å². The first-order chi connectivity index (χ1) is 22.8. The van der Waals surface area contributed by atoms with E-state index < -0.39 is 17.3 Å². The van der Waals surface area contributed by atoms with Gasteiger partial charge in [-0.05, 0) is 55.8 Å². The van der Waals surface area contributed by atoms with E-state index in [1.807, 2.05) is 56.1 Å². The molecule has 0 saturated heterocycles. The number of hydrogen-bond acceptors (Lipinski definition) is 6. The van der Waals surface area contributed by atoms with Crippen LogP contribution in [0.4, 0.5) is 10.1 Å². The van der Waals surface area contributed by atoms with Crippen LogP contribution in [0.2, 0.25) is 0 Å². The molecular formula is C37H38FN5O4. The highest BCUT2D eigenvalue weighted by Gasteiger charge is 2.28. The summed E-state index contributed by atoms with van der Waals surface area (Å²) in [5.74, 6) is -0.556. The Kier molecular flexibility index (Phi) is 10.5. The summed E-state index contributed by atoms with van der Waals surface area (Å²) in [5, 5.41) is 0. The molecule has 0 aliphatic heterocycles. The molecule has 0 unspecified atom stereocenters. The third kappa shape index (κ3) is 7.11. The van der Waals surface area contributed by atoms with Crippen molar-refractivity contribution in [1.82, 2.24) is 18.9 Å². The second kappa shape index (κ2) is 14.9. The predicted octanol–water partition coefficient (Wildman–Crippen LogP) is 6.93. The maximum Gasteiger partial charge on any atom is 0.345 e. The number of aromatic nitrogens is 3. The molecule has 0 spiro atoms. The van der Waals surface area contributed by atoms with E-state index in [-0.39, 0.29) is 36.1 Å². The number of carbonyl (C=O) groups is 1. The van der Waals surface area contributed by atoms with Gasteiger partial charge < -0.3 is 18.9 Å². The number of pyridine rings is 1. The molecule has 3 aromatic heterocycles. The van der Waals surface area contributed by atoms with Crippen LogP contribution in [0.25, 0.3) is 21.6 Å². The first-order valence-electron chi connectivity index (χ1n) is 15.6. The summed E-state index contributed by atoms with van der Waals surface area (Å²) in [6.07, 6.45) is 4.63. The summed E-state index contributed by atoms with van der Waals surface area (Å²) < 4.78 is 29.2. The van der Waals surface area contributed by atoms with Crippen molar-refractivity contribution in [3.05, 3.63) is 129 Å². The minimum Gasteiger partial charge on any atom is -0.497 e. The lowest BCUT2D eigenvalue weighted by atomic mass is 10.0. The smallest absolute Gasteiger partial charge is 0.345 e. The van der Waals surface area contributed by atoms with Crippen LogP contribution in [0.3, 0.4) is 0 Å². The van der Waals surface area contributed by atoms with Gasteiger partial charge in [0.05, 0.1) is 20.2 Å². The summed E-state index contributed by atoms with van der Waals surface area (Å²) in [5.41, 5.74) is 2.75. The van der Waals surface area contributed by atoms with Gasteiger partial charge in [0.1, 0.15) is 28.9 Å². The molecule has 0 N–H and O–H groups in total. The van der Waals surface area contributed by atoms with Gasteiger partial charge in [0, 0.05) is 54.4 Å². The number of rotatable bonds is 13. The fourth-order valence-electron chi connectivity index (χ4n) is 5.71. The summed E-state index contributed by atoms with van der Waals surface area (Å²) in [6.45, 7) is 13.0. The van der Waals surface area contributed by atoms with E-state index in [2.05, 4.69) is 9.83 Å². The number of esters is 1. The van der Waals surface area contributed by atoms with Crippen molar-refractivity contribution in [3.63, 3.8) is 0 Å². The highest BCUT2D eigenvalue weighted by molar-refractivity contribution is 5.94. The van der Waals surface area contributed by atoms with E-state index in [1.165, 1.54) is 16.7 Å². The summed E-state index contributed by atoms with van der Waals surface area (Å²) in [4.78, 5) is 38.4. The maximum atomic E-state index is 15.0. The van der Waals surface area contributed by atoms with E-state index in [4.69, 9.17) is 16.0 Å². The fraction of sp³-hybridized carbons (Fsp3) is 0.297. The summed E-state index contributed by atoms with van der Waals surface area (Å²) in [7, 11) is 3.51. The van der Waals surface area contributed by atoms with Crippen molar-refractivity contribution in [2.45, 2.75) is 52.3 Å². The predicted molar refractivity (Wildman–Crippen MR) is 179 cm³/mol. The number of carbonyl (C=O) groups excluding carboxylic acids is 1. The van der Waals surface area contributed by atoms with E-state index in [1.54, 1.807) is 48.2 Å². The van der Waals surface area contributed by atoms with Gasteiger partial charge in [0.2, 0.25) is 5.69 Å². The normalized spacial score (nSPS) is 11.3. The van der Waals surface area contributed by atoms with Gasteiger partial charge in [-0.3, -0.25) is 14.2 Å². The van der Waals surface area contributed by atoms with E-state index in [0.29, 0.717) is 53.9 Å². The zero-order chi connectivity index (χ0) is 33.5. The zero-order valence-corrected chi connectivity index (χ0v) is 27.1. The van der Waals surface area contributed by atoms with Crippen LogP contribution in [0, 0.1) is 12.4 Å². The van der Waals surface area contributed by atoms with Crippen LogP contribution >= 0.6 is 0 Å². The second-order valence-corrected chi connectivity index (χ2v) is 11.4. The Balaban J connectivity index is 1.76. The Bertz CT molecular complexity index is 1960. The Labute approximate surface area is 273 Å². The van der Waals surface area contributed by atoms with Crippen LogP contribution in [-0.4, -0.2) is 51.6 Å². The molecule has 0 bridgehead atoms. The molecular weight excluding hydrogens is 597 g/mol. The first kappa shape index (κ1) is 33.1. The minimum atomic E-state index is -0.758. The molecule has 9 nitrogen and oxygen atoms in total. The lowest BCUT2D eigenvalue weighted by molar-refractivity contribution is 0.0281. The molecule has 0 aliphatic carbocycles. The van der Waals surface area contributed by atoms with Crippen LogP contribution < -0.4 is 10.3 Å². The molecule has 5 aromatic rings. The molecule has 242 valence electrons. The largest absolute Gasteiger partial charge is 0.497 e. The topological polar surface area (TPSA) is 82.4 Å². The average Bonchev–Trinajstić information content (AvgIpc) is 3.42. The van der Waals surface area contributed by atoms with Gasteiger partial charge in [-0.25, -0.2) is 14.0 Å². The van der Waals surface area contributed by atoms with Crippen LogP contribution in [-0.2, 0) is 24.2 Å². The monoisotopic (exact) mass is 635 g/mol. The zero-order valence-electron chi connectivity index (χ0n) is 27.1. The lowest BCUT2D eigenvalue weighted by Crippen LogP contribution is -2.31. The number of fused-ring (bicyclic) bond motifs is 1. The van der Waals surface area contributed by atoms with Crippen molar-refractivity contribution in [2.75, 3.05) is 20.7 Å². The molecule has 0 amide bonds. The number of ether oxygens (including phenoxy) is 2. The van der Waals surface area contributed by atoms with Crippen molar-refractivity contribution in [3.8, 4) is 16.9 Å². The number of nitrogens with zero attached hydrogens (tertiary/aromatic N) is 5. The molecule has 0 radical (unpaired) electrons. The molecule has 0 aliphatic rings. The van der Waals surface area contributed by atoms with Gasteiger partial charge in [-0.2, -0.15) is 0 Å². The number of likely N-dealkylation sites (N-methyl/N-ethyl adjacent to an activating group) is 1. The summed E-state index contributed by atoms with van der Waals surface area (Å²) >= 11 is 0. The van der Waals surface area contributed by atoms with Crippen molar-refractivity contribution >= 4 is 17.3 Å². The molecule has 2 aromatic carbocycles. The molecule has 5 rings (SSSR count). The van der Waals surface area contributed by atoms with Crippen molar-refractivity contribution in [2.24, 2.45) is 0 Å². The van der Waals surface area contributed by atoms with Crippen LogP contribution in [0.1, 0.15) is 54.0 Å². The average molecular weight is 636 g/mol. The number of benzene rings is 2. The molecule has 0 fully saturated rings. The van der Waals surface area contributed by atoms with E-state index in [0.717, 1.165) is 5.69 Å². The highest BCUT2D eigenvalue weighted by Crippen LogP contribution is 2.40. The number of methoxy groups -OCH3 is 1. The molecule has 3 heterocycles. The minimum absolute atomic E-state index is 0.0226. The van der Waals surface area contributed by atoms with Gasteiger partial charge in [0.15, 0.2) is 0 Å². The van der Waals surface area contributed by atoms with Gasteiger partial charge >= 0.3 is 5.97 Å². The Hall–Kier alpha value is -5.27. The number of hydrogen-bond donors (Lipinski definition) is 0. The Morgan fingerprint density at radius 3 is 2.43 bits per heavy atom. The molecule has 10 heteroatoms. The SMILES string of the molecule is [C-]#[N+]c1c(-c2ccc(OC)cc2)c(CN(C)CCc2ccccn2)n2c(=O)c(C(=O)OC(CC)CC)cn(Cc3ccccc3F)c12. The lowest BCUT2D eigenvalue weighted by Gasteiger charge is -2.19. The van der Waals surface area contributed by atoms with Gasteiger partial charge in [0.25, 0.3) is 5.56 Å². The van der Waals surface area contributed by atoms with E-state index >= 15 is 4.39 Å². The third-order valence-corrected chi connectivity index (χ3v) is 8.30. The fourth-order valence-corrected chi connectivity index (χ4v) is 5.71. The van der Waals surface area contributed by atoms with Gasteiger partial charge in [-0.1, -0.05) is 50.2 Å². The van der Waals surface area contributed by atoms with Crippen molar-refractivity contribution < 1.29 is 18.7 Å². The maximum absolute atomic E-state index is 15.0. The summed E-state index contributed by atoms with van der Waals surface area (Å²) in [6, 6.07) is 19.4. The number of halogens is 1. The first-order valence-corrected chi connectivity index (χ1v) is 15.6. The molecule has 0 saturated carbocycles. The quantitative estimate of drug-likeness (QED) is 0.103. The Morgan fingerprint density at radius 2 is 1.79 bits per heavy atom. The van der Waals surface area contributed by atoms with Crippen molar-refractivity contribution in [1.29, 1.82) is 0 Å².